The molecule has 0 saturated carbocycles. The highest BCUT2D eigenvalue weighted by Crippen LogP contribution is 2.27. The van der Waals surface area contributed by atoms with Crippen molar-refractivity contribution in [2.75, 3.05) is 11.9 Å². The molecule has 0 atom stereocenters. The minimum Gasteiger partial charge on any atom is -0.493 e. The predicted molar refractivity (Wildman–Crippen MR) is 124 cm³/mol. The van der Waals surface area contributed by atoms with Crippen molar-refractivity contribution >= 4 is 17.3 Å². The van der Waals surface area contributed by atoms with Crippen LogP contribution in [-0.2, 0) is 6.61 Å². The third-order valence-corrected chi connectivity index (χ3v) is 4.96. The van der Waals surface area contributed by atoms with Crippen LogP contribution in [0.25, 0.3) is 0 Å². The van der Waals surface area contributed by atoms with E-state index in [0.717, 1.165) is 22.4 Å². The largest absolute Gasteiger partial charge is 0.493 e. The lowest BCUT2D eigenvalue weighted by atomic mass is 10.1. The van der Waals surface area contributed by atoms with Crippen molar-refractivity contribution in [1.29, 1.82) is 0 Å². The van der Waals surface area contributed by atoms with Gasteiger partial charge in [-0.2, -0.15) is 0 Å². The number of nitrogens with one attached hydrogen (secondary N) is 1. The molecule has 0 bridgehead atoms. The molecule has 1 N–H and O–H groups in total. The summed E-state index contributed by atoms with van der Waals surface area (Å²) in [7, 11) is 0. The van der Waals surface area contributed by atoms with E-state index in [0.29, 0.717) is 29.2 Å². The molecule has 0 spiro atoms. The Morgan fingerprint density at radius 3 is 2.38 bits per heavy atom. The monoisotopic (exact) mass is 434 g/mol. The molecule has 0 heterocycles. The van der Waals surface area contributed by atoms with E-state index in [-0.39, 0.29) is 18.2 Å². The predicted octanol–water partition coefficient (Wildman–Crippen LogP) is 5.75. The normalized spacial score (nSPS) is 10.5. The number of rotatable bonds is 8. The number of nitro groups is 1. The standard InChI is InChI=1S/C25H26N2O5/c1-5-31-24-10-9-19(14-20(24)15-32-21-12-16(2)11-17(3)13-21)25(28)26-22-7-6-8-23(18(22)4)27(29)30/h6-14H,5,15H2,1-4H3,(H,26,28). The van der Waals surface area contributed by atoms with Crippen molar-refractivity contribution < 1.29 is 19.2 Å². The van der Waals surface area contributed by atoms with E-state index >= 15 is 0 Å². The van der Waals surface area contributed by atoms with Gasteiger partial charge in [0, 0.05) is 17.2 Å². The zero-order chi connectivity index (χ0) is 23.3. The SMILES string of the molecule is CCOc1ccc(C(=O)Nc2cccc([N+](=O)[O-])c2C)cc1COc1cc(C)cc(C)c1. The quantitative estimate of drug-likeness (QED) is 0.360. The van der Waals surface area contributed by atoms with Crippen LogP contribution >= 0.6 is 0 Å². The Hall–Kier alpha value is -3.87. The van der Waals surface area contributed by atoms with E-state index in [9.17, 15) is 14.9 Å². The molecule has 0 radical (unpaired) electrons. The number of benzene rings is 3. The van der Waals surface area contributed by atoms with Gasteiger partial charge in [-0.25, -0.2) is 0 Å². The number of nitro benzene ring substituents is 1. The van der Waals surface area contributed by atoms with Gasteiger partial charge in [-0.3, -0.25) is 14.9 Å². The van der Waals surface area contributed by atoms with Crippen LogP contribution in [0.15, 0.2) is 54.6 Å². The number of amides is 1. The lowest BCUT2D eigenvalue weighted by Gasteiger charge is -2.14. The van der Waals surface area contributed by atoms with Crippen LogP contribution in [0.5, 0.6) is 11.5 Å². The third kappa shape index (κ3) is 5.43. The second-order valence-electron chi connectivity index (χ2n) is 7.53. The summed E-state index contributed by atoms with van der Waals surface area (Å²) in [6.07, 6.45) is 0. The van der Waals surface area contributed by atoms with Gasteiger partial charge >= 0.3 is 0 Å². The first kappa shape index (κ1) is 22.8. The van der Waals surface area contributed by atoms with E-state index in [1.165, 1.54) is 6.07 Å². The lowest BCUT2D eigenvalue weighted by Crippen LogP contribution is -2.14. The van der Waals surface area contributed by atoms with Gasteiger partial charge in [-0.15, -0.1) is 0 Å². The minimum absolute atomic E-state index is 0.0444. The highest BCUT2D eigenvalue weighted by molar-refractivity contribution is 6.05. The first-order valence-corrected chi connectivity index (χ1v) is 10.3. The van der Waals surface area contributed by atoms with Crippen LogP contribution in [0.2, 0.25) is 0 Å². The topological polar surface area (TPSA) is 90.7 Å². The van der Waals surface area contributed by atoms with Gasteiger partial charge in [-0.05, 0) is 75.2 Å². The third-order valence-electron chi connectivity index (χ3n) is 4.96. The Labute approximate surface area is 187 Å². The molecule has 32 heavy (non-hydrogen) atoms. The van der Waals surface area contributed by atoms with Crippen LogP contribution in [0.3, 0.4) is 0 Å². The zero-order valence-electron chi connectivity index (χ0n) is 18.6. The van der Waals surface area contributed by atoms with Gasteiger partial charge in [0.1, 0.15) is 18.1 Å². The maximum Gasteiger partial charge on any atom is 0.274 e. The molecule has 3 rings (SSSR count). The van der Waals surface area contributed by atoms with E-state index < -0.39 is 4.92 Å². The molecule has 1 amide bonds. The average molecular weight is 434 g/mol. The van der Waals surface area contributed by atoms with Crippen molar-refractivity contribution in [2.45, 2.75) is 34.3 Å². The molecule has 7 heteroatoms. The maximum atomic E-state index is 12.9. The molecule has 0 unspecified atom stereocenters. The number of hydrogen-bond acceptors (Lipinski definition) is 5. The van der Waals surface area contributed by atoms with Crippen molar-refractivity contribution in [3.05, 3.63) is 92.5 Å². The van der Waals surface area contributed by atoms with E-state index in [4.69, 9.17) is 9.47 Å². The van der Waals surface area contributed by atoms with E-state index in [1.807, 2.05) is 32.9 Å². The summed E-state index contributed by atoms with van der Waals surface area (Å²) in [5.41, 5.74) is 4.09. The summed E-state index contributed by atoms with van der Waals surface area (Å²) in [6, 6.07) is 15.7. The fourth-order valence-electron chi connectivity index (χ4n) is 3.46. The van der Waals surface area contributed by atoms with Crippen molar-refractivity contribution in [1.82, 2.24) is 0 Å². The molecule has 166 valence electrons. The highest BCUT2D eigenvalue weighted by atomic mass is 16.6. The molecule has 0 aromatic heterocycles. The molecule has 0 aliphatic carbocycles. The fraction of sp³-hybridized carbons (Fsp3) is 0.240. The Morgan fingerprint density at radius 1 is 1.00 bits per heavy atom. The zero-order valence-corrected chi connectivity index (χ0v) is 18.6. The Bertz CT molecular complexity index is 1140. The van der Waals surface area contributed by atoms with E-state index in [2.05, 4.69) is 11.4 Å². The first-order chi connectivity index (χ1) is 15.3. The van der Waals surface area contributed by atoms with Gasteiger partial charge in [-0.1, -0.05) is 12.1 Å². The number of ether oxygens (including phenoxy) is 2. The fourth-order valence-corrected chi connectivity index (χ4v) is 3.46. The molecule has 0 fully saturated rings. The number of carbonyl (C=O) groups excluding carboxylic acids is 1. The van der Waals surface area contributed by atoms with Crippen LogP contribution in [0, 0.1) is 30.9 Å². The average Bonchev–Trinajstić information content (AvgIpc) is 2.73. The summed E-state index contributed by atoms with van der Waals surface area (Å²) < 4.78 is 11.7. The summed E-state index contributed by atoms with van der Waals surface area (Å²) in [4.78, 5) is 23.6. The lowest BCUT2D eigenvalue weighted by molar-refractivity contribution is -0.385. The summed E-state index contributed by atoms with van der Waals surface area (Å²) in [5.74, 6) is 1.01. The van der Waals surface area contributed by atoms with Gasteiger partial charge in [0.2, 0.25) is 0 Å². The Kier molecular flexibility index (Phi) is 7.10. The number of hydrogen-bond donors (Lipinski definition) is 1. The Balaban J connectivity index is 1.84. The van der Waals surface area contributed by atoms with Gasteiger partial charge in [0.05, 0.1) is 22.8 Å². The summed E-state index contributed by atoms with van der Waals surface area (Å²) in [6.45, 7) is 8.22. The molecule has 0 aliphatic heterocycles. The van der Waals surface area contributed by atoms with Gasteiger partial charge in [0.25, 0.3) is 11.6 Å². The second-order valence-corrected chi connectivity index (χ2v) is 7.53. The van der Waals surface area contributed by atoms with Crippen molar-refractivity contribution in [3.8, 4) is 11.5 Å². The number of carbonyl (C=O) groups is 1. The van der Waals surface area contributed by atoms with Gasteiger partial charge in [0.15, 0.2) is 0 Å². The molecule has 7 nitrogen and oxygen atoms in total. The molecule has 0 aliphatic rings. The van der Waals surface area contributed by atoms with E-state index in [1.54, 1.807) is 37.3 Å². The highest BCUT2D eigenvalue weighted by Gasteiger charge is 2.17. The number of aryl methyl sites for hydroxylation is 2. The van der Waals surface area contributed by atoms with Crippen molar-refractivity contribution in [2.24, 2.45) is 0 Å². The minimum atomic E-state index is -0.468. The maximum absolute atomic E-state index is 12.9. The molecule has 0 saturated heterocycles. The molecule has 3 aromatic carbocycles. The van der Waals surface area contributed by atoms with Gasteiger partial charge < -0.3 is 14.8 Å². The van der Waals surface area contributed by atoms with Crippen LogP contribution in [-0.4, -0.2) is 17.4 Å². The van der Waals surface area contributed by atoms with Crippen LogP contribution < -0.4 is 14.8 Å². The molecular weight excluding hydrogens is 408 g/mol. The second kappa shape index (κ2) is 9.96. The first-order valence-electron chi connectivity index (χ1n) is 10.3. The summed E-state index contributed by atoms with van der Waals surface area (Å²) >= 11 is 0. The smallest absolute Gasteiger partial charge is 0.274 e. The Morgan fingerprint density at radius 2 is 1.72 bits per heavy atom. The van der Waals surface area contributed by atoms with Crippen molar-refractivity contribution in [3.63, 3.8) is 0 Å². The number of anilines is 1. The van der Waals surface area contributed by atoms with Crippen LogP contribution in [0.1, 0.15) is 39.5 Å². The molecule has 3 aromatic rings. The van der Waals surface area contributed by atoms with Crippen LogP contribution in [0.4, 0.5) is 11.4 Å². The summed E-state index contributed by atoms with van der Waals surface area (Å²) in [5, 5.41) is 13.9. The number of nitrogens with zero attached hydrogens (tertiary/aromatic N) is 1. The molecular formula is C25H26N2O5.